The number of thioether (sulfide) groups is 1. The molecule has 0 amide bonds. The highest BCUT2D eigenvalue weighted by atomic mass is 35.5. The molecule has 5 heteroatoms. The molecule has 1 aliphatic rings. The first-order valence-corrected chi connectivity index (χ1v) is 11.5. The van der Waals surface area contributed by atoms with Crippen LogP contribution in [-0.2, 0) is 5.75 Å². The molecule has 0 bridgehead atoms. The van der Waals surface area contributed by atoms with Crippen LogP contribution in [0.15, 0.2) is 82.7 Å². The fourth-order valence-electron chi connectivity index (χ4n) is 3.40. The van der Waals surface area contributed by atoms with Gasteiger partial charge in [0.25, 0.3) is 0 Å². The number of halogens is 2. The van der Waals surface area contributed by atoms with Gasteiger partial charge in [-0.2, -0.15) is 0 Å². The van der Waals surface area contributed by atoms with E-state index in [-0.39, 0.29) is 0 Å². The van der Waals surface area contributed by atoms with Gasteiger partial charge in [0.05, 0.1) is 22.3 Å². The third-order valence-corrected chi connectivity index (χ3v) is 6.93. The molecule has 0 saturated heterocycles. The molecule has 0 aliphatic carbocycles. The van der Waals surface area contributed by atoms with Crippen LogP contribution in [0.25, 0.3) is 6.08 Å². The van der Waals surface area contributed by atoms with E-state index in [9.17, 15) is 0 Å². The summed E-state index contributed by atoms with van der Waals surface area (Å²) in [6.07, 6.45) is 4.30. The molecular formula is C25H22Cl2N2S. The average molecular weight is 453 g/mol. The predicted octanol–water partition coefficient (Wildman–Crippen LogP) is 7.24. The number of para-hydroxylation sites is 1. The van der Waals surface area contributed by atoms with Gasteiger partial charge in [0.1, 0.15) is 0 Å². The number of benzene rings is 3. The quantitative estimate of drug-likeness (QED) is 0.379. The highest BCUT2D eigenvalue weighted by Crippen LogP contribution is 2.30. The van der Waals surface area contributed by atoms with Crippen molar-refractivity contribution in [3.8, 4) is 0 Å². The van der Waals surface area contributed by atoms with Gasteiger partial charge in [-0.25, -0.2) is 0 Å². The van der Waals surface area contributed by atoms with E-state index in [1.54, 1.807) is 11.8 Å². The van der Waals surface area contributed by atoms with Crippen LogP contribution in [0.3, 0.4) is 0 Å². The molecule has 0 unspecified atom stereocenters. The maximum absolute atomic E-state index is 6.16. The van der Waals surface area contributed by atoms with E-state index in [0.717, 1.165) is 30.1 Å². The molecule has 1 heterocycles. The molecule has 4 rings (SSSR count). The zero-order valence-electron chi connectivity index (χ0n) is 16.7. The topological polar surface area (TPSA) is 15.6 Å². The Kier molecular flexibility index (Phi) is 6.83. The van der Waals surface area contributed by atoms with Gasteiger partial charge < -0.3 is 4.90 Å². The van der Waals surface area contributed by atoms with E-state index in [4.69, 9.17) is 28.2 Å². The number of rotatable bonds is 5. The first-order valence-electron chi connectivity index (χ1n) is 9.80. The molecule has 2 nitrogen and oxygen atoms in total. The van der Waals surface area contributed by atoms with Crippen LogP contribution in [0.2, 0.25) is 10.0 Å². The standard InChI is InChI=1S/C25H22Cl2N2S/c1-29-15-14-28-23(20-7-3-4-8-24(20)29)13-11-19-6-2-5-9-25(19)30-17-18-10-12-21(26)22(27)16-18/h2-13,16H,14-15,17H2,1H3/b13-11+. The molecule has 0 atom stereocenters. The molecule has 152 valence electrons. The maximum Gasteiger partial charge on any atom is 0.0668 e. The zero-order chi connectivity index (χ0) is 20.9. The number of hydrogen-bond acceptors (Lipinski definition) is 3. The Labute approximate surface area is 192 Å². The lowest BCUT2D eigenvalue weighted by molar-refractivity contribution is 0.897. The van der Waals surface area contributed by atoms with Gasteiger partial charge in [-0.05, 0) is 41.5 Å². The van der Waals surface area contributed by atoms with E-state index in [1.807, 2.05) is 18.2 Å². The van der Waals surface area contributed by atoms with Crippen molar-refractivity contribution in [1.29, 1.82) is 0 Å². The average Bonchev–Trinajstić information content (AvgIpc) is 2.92. The van der Waals surface area contributed by atoms with Gasteiger partial charge in [0.15, 0.2) is 0 Å². The molecule has 0 aromatic heterocycles. The Morgan fingerprint density at radius 2 is 1.77 bits per heavy atom. The molecule has 0 N–H and O–H groups in total. The van der Waals surface area contributed by atoms with Gasteiger partial charge >= 0.3 is 0 Å². The Balaban J connectivity index is 1.55. The summed E-state index contributed by atoms with van der Waals surface area (Å²) in [5, 5.41) is 1.18. The first kappa shape index (κ1) is 21.0. The number of aliphatic imine (C=N–C) groups is 1. The summed E-state index contributed by atoms with van der Waals surface area (Å²) in [4.78, 5) is 8.31. The smallest absolute Gasteiger partial charge is 0.0668 e. The van der Waals surface area contributed by atoms with E-state index >= 15 is 0 Å². The lowest BCUT2D eigenvalue weighted by atomic mass is 10.1. The summed E-state index contributed by atoms with van der Waals surface area (Å²) in [5.41, 5.74) is 5.76. The third kappa shape index (κ3) is 4.92. The molecule has 30 heavy (non-hydrogen) atoms. The summed E-state index contributed by atoms with van der Waals surface area (Å²) < 4.78 is 0. The Morgan fingerprint density at radius 1 is 0.967 bits per heavy atom. The van der Waals surface area contributed by atoms with Crippen LogP contribution in [0.4, 0.5) is 5.69 Å². The van der Waals surface area contributed by atoms with Gasteiger partial charge in [-0.3, -0.25) is 4.99 Å². The molecule has 3 aromatic rings. The highest BCUT2D eigenvalue weighted by molar-refractivity contribution is 7.98. The minimum Gasteiger partial charge on any atom is -0.372 e. The molecule has 1 aliphatic heterocycles. The van der Waals surface area contributed by atoms with Crippen molar-refractivity contribution < 1.29 is 0 Å². The van der Waals surface area contributed by atoms with E-state index < -0.39 is 0 Å². The number of likely N-dealkylation sites (N-methyl/N-ethyl adjacent to an activating group) is 1. The van der Waals surface area contributed by atoms with E-state index in [2.05, 4.69) is 72.6 Å². The maximum atomic E-state index is 6.16. The largest absolute Gasteiger partial charge is 0.372 e. The third-order valence-electron chi connectivity index (χ3n) is 5.03. The van der Waals surface area contributed by atoms with Gasteiger partial charge in [-0.1, -0.05) is 71.7 Å². The highest BCUT2D eigenvalue weighted by Gasteiger charge is 2.13. The Morgan fingerprint density at radius 3 is 2.63 bits per heavy atom. The fraction of sp³-hybridized carbons (Fsp3) is 0.160. The first-order chi connectivity index (χ1) is 14.6. The second kappa shape index (κ2) is 9.74. The van der Waals surface area contributed by atoms with Gasteiger partial charge in [0, 0.05) is 35.5 Å². The lowest BCUT2D eigenvalue weighted by Gasteiger charge is -2.18. The van der Waals surface area contributed by atoms with Gasteiger partial charge in [-0.15, -0.1) is 11.8 Å². The van der Waals surface area contributed by atoms with Gasteiger partial charge in [0.2, 0.25) is 0 Å². The van der Waals surface area contributed by atoms with E-state index in [1.165, 1.54) is 21.7 Å². The van der Waals surface area contributed by atoms with Crippen LogP contribution in [0.5, 0.6) is 0 Å². The monoisotopic (exact) mass is 452 g/mol. The minimum atomic E-state index is 0.587. The lowest BCUT2D eigenvalue weighted by Crippen LogP contribution is -2.20. The van der Waals surface area contributed by atoms with Crippen LogP contribution >= 0.6 is 35.0 Å². The summed E-state index contributed by atoms with van der Waals surface area (Å²) in [7, 11) is 2.12. The second-order valence-corrected chi connectivity index (χ2v) is 8.95. The van der Waals surface area contributed by atoms with Crippen LogP contribution in [0, 0.1) is 0 Å². The molecule has 0 saturated carbocycles. The van der Waals surface area contributed by atoms with Crippen molar-refractivity contribution in [2.45, 2.75) is 10.6 Å². The number of hydrogen-bond donors (Lipinski definition) is 0. The van der Waals surface area contributed by atoms with Crippen LogP contribution in [0.1, 0.15) is 16.7 Å². The Hall–Kier alpha value is -2.20. The SMILES string of the molecule is CN1CCN=C(/C=C/c2ccccc2SCc2ccc(Cl)c(Cl)c2)c2ccccc21. The molecule has 3 aromatic carbocycles. The fourth-order valence-corrected chi connectivity index (χ4v) is 4.70. The number of fused-ring (bicyclic) bond motifs is 1. The summed E-state index contributed by atoms with van der Waals surface area (Å²) in [6, 6.07) is 22.7. The van der Waals surface area contributed by atoms with Crippen LogP contribution in [-0.4, -0.2) is 25.8 Å². The van der Waals surface area contributed by atoms with Crippen LogP contribution < -0.4 is 4.90 Å². The molecule has 0 spiro atoms. The number of anilines is 1. The summed E-state index contributed by atoms with van der Waals surface area (Å²) in [6.45, 7) is 1.71. The van der Waals surface area contributed by atoms with E-state index in [0.29, 0.717) is 10.0 Å². The molecule has 0 fully saturated rings. The minimum absolute atomic E-state index is 0.587. The molecular weight excluding hydrogens is 431 g/mol. The van der Waals surface area contributed by atoms with Crippen molar-refractivity contribution in [2.24, 2.45) is 4.99 Å². The predicted molar refractivity (Wildman–Crippen MR) is 133 cm³/mol. The summed E-state index contributed by atoms with van der Waals surface area (Å²) >= 11 is 14.0. The van der Waals surface area contributed by atoms with Crippen molar-refractivity contribution in [3.05, 3.63) is 99.5 Å². The second-order valence-electron chi connectivity index (χ2n) is 7.11. The zero-order valence-corrected chi connectivity index (χ0v) is 19.0. The number of benzodiazepines with no additional fused rings is 1. The van der Waals surface area contributed by atoms with Crippen molar-refractivity contribution >= 4 is 52.4 Å². The van der Waals surface area contributed by atoms with Crippen molar-refractivity contribution in [3.63, 3.8) is 0 Å². The number of nitrogens with zero attached hydrogens (tertiary/aromatic N) is 2. The summed E-state index contributed by atoms with van der Waals surface area (Å²) in [5.74, 6) is 0.830. The van der Waals surface area contributed by atoms with Crippen molar-refractivity contribution in [2.75, 3.05) is 25.0 Å². The van der Waals surface area contributed by atoms with Crippen molar-refractivity contribution in [1.82, 2.24) is 0 Å². The number of allylic oxidation sites excluding steroid dienone is 1. The molecule has 0 radical (unpaired) electrons. The Bertz CT molecular complexity index is 1110. The normalized spacial score (nSPS) is 13.8.